The molecular weight excluding hydrogens is 236 g/mol. The summed E-state index contributed by atoms with van der Waals surface area (Å²) in [7, 11) is 0. The number of esters is 1. The average Bonchev–Trinajstić information content (AvgIpc) is 2.34. The van der Waals surface area contributed by atoms with Gasteiger partial charge in [0.2, 0.25) is 0 Å². The molecule has 6 nitrogen and oxygen atoms in total. The summed E-state index contributed by atoms with van der Waals surface area (Å²) < 4.78 is 10.0. The molecule has 0 aliphatic carbocycles. The molecule has 1 amide bonds. The van der Waals surface area contributed by atoms with Gasteiger partial charge >= 0.3 is 5.97 Å². The zero-order valence-electron chi connectivity index (χ0n) is 10.1. The molecule has 4 N–H and O–H groups in total. The number of benzene rings is 1. The highest BCUT2D eigenvalue weighted by Gasteiger charge is 2.10. The Labute approximate surface area is 105 Å². The van der Waals surface area contributed by atoms with Crippen LogP contribution in [0.5, 0.6) is 5.75 Å². The molecule has 1 aromatic carbocycles. The Hall–Kier alpha value is -2.24. The minimum atomic E-state index is -0.596. The van der Waals surface area contributed by atoms with Crippen molar-refractivity contribution >= 4 is 17.6 Å². The molecule has 1 rings (SSSR count). The van der Waals surface area contributed by atoms with Crippen molar-refractivity contribution in [2.24, 2.45) is 5.73 Å². The van der Waals surface area contributed by atoms with E-state index in [4.69, 9.17) is 20.9 Å². The molecule has 18 heavy (non-hydrogen) atoms. The van der Waals surface area contributed by atoms with Crippen molar-refractivity contribution in [1.29, 1.82) is 0 Å². The van der Waals surface area contributed by atoms with Crippen LogP contribution >= 0.6 is 0 Å². The molecule has 0 saturated carbocycles. The summed E-state index contributed by atoms with van der Waals surface area (Å²) in [6.07, 6.45) is 0.751. The first-order valence-corrected chi connectivity index (χ1v) is 5.52. The van der Waals surface area contributed by atoms with Crippen molar-refractivity contribution < 1.29 is 19.1 Å². The van der Waals surface area contributed by atoms with Crippen LogP contribution in [0.15, 0.2) is 18.2 Å². The molecule has 0 fully saturated rings. The zero-order valence-corrected chi connectivity index (χ0v) is 10.1. The average molecular weight is 252 g/mol. The Bertz CT molecular complexity index is 446. The van der Waals surface area contributed by atoms with Gasteiger partial charge in [-0.25, -0.2) is 4.79 Å². The highest BCUT2D eigenvalue weighted by molar-refractivity contribution is 5.91. The third-order valence-electron chi connectivity index (χ3n) is 2.05. The Balaban J connectivity index is 2.72. The predicted octanol–water partition coefficient (Wildman–Crippen LogP) is 0.700. The van der Waals surface area contributed by atoms with Crippen molar-refractivity contribution in [3.8, 4) is 5.75 Å². The molecule has 0 saturated heterocycles. The standard InChI is InChI=1S/C12H16N2O4/c1-2-5-17-12(16)8-3-4-10(9(13)6-8)18-7-11(14)15/h3-4,6H,2,5,7,13H2,1H3,(H2,14,15). The van der Waals surface area contributed by atoms with Crippen LogP contribution in [0.3, 0.4) is 0 Å². The van der Waals surface area contributed by atoms with E-state index in [9.17, 15) is 9.59 Å². The smallest absolute Gasteiger partial charge is 0.338 e. The fraction of sp³-hybridized carbons (Fsp3) is 0.333. The Morgan fingerprint density at radius 3 is 2.61 bits per heavy atom. The van der Waals surface area contributed by atoms with Gasteiger partial charge in [0.05, 0.1) is 17.9 Å². The first-order valence-electron chi connectivity index (χ1n) is 5.52. The molecular formula is C12H16N2O4. The van der Waals surface area contributed by atoms with E-state index >= 15 is 0 Å². The first kappa shape index (κ1) is 13.8. The lowest BCUT2D eigenvalue weighted by molar-refractivity contribution is -0.119. The van der Waals surface area contributed by atoms with E-state index in [0.29, 0.717) is 17.9 Å². The molecule has 0 radical (unpaired) electrons. The minimum absolute atomic E-state index is 0.252. The number of rotatable bonds is 6. The quantitative estimate of drug-likeness (QED) is 0.572. The van der Waals surface area contributed by atoms with Gasteiger partial charge in [0.15, 0.2) is 6.61 Å². The van der Waals surface area contributed by atoms with Crippen LogP contribution in [0.4, 0.5) is 5.69 Å². The van der Waals surface area contributed by atoms with Gasteiger partial charge in [-0.2, -0.15) is 0 Å². The van der Waals surface area contributed by atoms with E-state index in [1.165, 1.54) is 18.2 Å². The minimum Gasteiger partial charge on any atom is -0.482 e. The lowest BCUT2D eigenvalue weighted by atomic mass is 10.2. The van der Waals surface area contributed by atoms with E-state index in [2.05, 4.69) is 0 Å². The van der Waals surface area contributed by atoms with Crippen LogP contribution in [0.2, 0.25) is 0 Å². The van der Waals surface area contributed by atoms with Gasteiger partial charge in [-0.15, -0.1) is 0 Å². The third kappa shape index (κ3) is 3.97. The summed E-state index contributed by atoms with van der Waals surface area (Å²) in [6.45, 7) is 2.00. The Morgan fingerprint density at radius 1 is 1.33 bits per heavy atom. The van der Waals surface area contributed by atoms with Crippen molar-refractivity contribution in [2.45, 2.75) is 13.3 Å². The van der Waals surface area contributed by atoms with E-state index in [0.717, 1.165) is 6.42 Å². The van der Waals surface area contributed by atoms with Crippen molar-refractivity contribution in [3.63, 3.8) is 0 Å². The topological polar surface area (TPSA) is 105 Å². The van der Waals surface area contributed by atoms with Gasteiger partial charge in [0, 0.05) is 0 Å². The largest absolute Gasteiger partial charge is 0.482 e. The number of anilines is 1. The number of primary amides is 1. The number of ether oxygens (including phenoxy) is 2. The lowest BCUT2D eigenvalue weighted by Gasteiger charge is -2.09. The number of nitrogen functional groups attached to an aromatic ring is 1. The second kappa shape index (κ2) is 6.48. The number of hydrogen-bond acceptors (Lipinski definition) is 5. The number of amides is 1. The maximum absolute atomic E-state index is 11.5. The van der Waals surface area contributed by atoms with E-state index in [1.54, 1.807) is 0 Å². The van der Waals surface area contributed by atoms with Crippen LogP contribution in [-0.2, 0) is 9.53 Å². The molecule has 0 aliphatic rings. The summed E-state index contributed by atoms with van der Waals surface area (Å²) >= 11 is 0. The van der Waals surface area contributed by atoms with Crippen LogP contribution in [0.25, 0.3) is 0 Å². The van der Waals surface area contributed by atoms with Gasteiger partial charge < -0.3 is 20.9 Å². The van der Waals surface area contributed by atoms with Gasteiger partial charge in [-0.3, -0.25) is 4.79 Å². The SMILES string of the molecule is CCCOC(=O)c1ccc(OCC(N)=O)c(N)c1. The predicted molar refractivity (Wildman–Crippen MR) is 66.1 cm³/mol. The van der Waals surface area contributed by atoms with Gasteiger partial charge in [-0.05, 0) is 24.6 Å². The molecule has 0 heterocycles. The molecule has 0 aromatic heterocycles. The highest BCUT2D eigenvalue weighted by atomic mass is 16.5. The van der Waals surface area contributed by atoms with Crippen molar-refractivity contribution in [3.05, 3.63) is 23.8 Å². The fourth-order valence-electron chi connectivity index (χ4n) is 1.23. The highest BCUT2D eigenvalue weighted by Crippen LogP contribution is 2.22. The normalized spacial score (nSPS) is 9.83. The van der Waals surface area contributed by atoms with Crippen LogP contribution in [0, 0.1) is 0 Å². The number of nitrogens with two attached hydrogens (primary N) is 2. The van der Waals surface area contributed by atoms with E-state index in [-0.39, 0.29) is 12.3 Å². The van der Waals surface area contributed by atoms with Crippen molar-refractivity contribution in [2.75, 3.05) is 18.9 Å². The molecule has 0 bridgehead atoms. The first-order chi connectivity index (χ1) is 8.54. The van der Waals surface area contributed by atoms with Crippen molar-refractivity contribution in [1.82, 2.24) is 0 Å². The second-order valence-corrected chi connectivity index (χ2v) is 3.64. The van der Waals surface area contributed by atoms with Gasteiger partial charge in [0.25, 0.3) is 5.91 Å². The molecule has 0 atom stereocenters. The molecule has 98 valence electrons. The summed E-state index contributed by atoms with van der Waals surface area (Å²) in [4.78, 5) is 22.1. The number of carbonyl (C=O) groups excluding carboxylic acids is 2. The zero-order chi connectivity index (χ0) is 13.5. The molecule has 1 aromatic rings. The maximum Gasteiger partial charge on any atom is 0.338 e. The molecule has 0 spiro atoms. The molecule has 0 aliphatic heterocycles. The van der Waals surface area contributed by atoms with Crippen LogP contribution in [-0.4, -0.2) is 25.1 Å². The Kier molecular flexibility index (Phi) is 4.98. The van der Waals surface area contributed by atoms with Gasteiger partial charge in [-0.1, -0.05) is 6.92 Å². The molecule has 6 heteroatoms. The monoisotopic (exact) mass is 252 g/mol. The number of hydrogen-bond donors (Lipinski definition) is 2. The summed E-state index contributed by atoms with van der Waals surface area (Å²) in [5.74, 6) is -0.730. The maximum atomic E-state index is 11.5. The summed E-state index contributed by atoms with van der Waals surface area (Å²) in [5, 5.41) is 0. The fourth-order valence-corrected chi connectivity index (χ4v) is 1.23. The number of carbonyl (C=O) groups is 2. The lowest BCUT2D eigenvalue weighted by Crippen LogP contribution is -2.20. The Morgan fingerprint density at radius 2 is 2.06 bits per heavy atom. The van der Waals surface area contributed by atoms with E-state index < -0.39 is 11.9 Å². The second-order valence-electron chi connectivity index (χ2n) is 3.64. The third-order valence-corrected chi connectivity index (χ3v) is 2.05. The van der Waals surface area contributed by atoms with Gasteiger partial charge in [0.1, 0.15) is 5.75 Å². The van der Waals surface area contributed by atoms with Crippen LogP contribution in [0.1, 0.15) is 23.7 Å². The molecule has 0 unspecified atom stereocenters. The summed E-state index contributed by atoms with van der Waals surface area (Å²) in [5.41, 5.74) is 11.2. The van der Waals surface area contributed by atoms with E-state index in [1.807, 2.05) is 6.92 Å². The summed E-state index contributed by atoms with van der Waals surface area (Å²) in [6, 6.07) is 4.46. The van der Waals surface area contributed by atoms with Crippen LogP contribution < -0.4 is 16.2 Å².